The van der Waals surface area contributed by atoms with Crippen LogP contribution in [0.15, 0.2) is 60.9 Å². The van der Waals surface area contributed by atoms with E-state index in [1.165, 1.54) is 6.33 Å². The molecule has 6 heteroatoms. The fourth-order valence-electron chi connectivity index (χ4n) is 2.17. The number of aromatic nitrogens is 2. The van der Waals surface area contributed by atoms with E-state index in [0.717, 1.165) is 27.8 Å². The fraction of sp³-hybridized carbons (Fsp3) is 0.111. The van der Waals surface area contributed by atoms with Crippen LogP contribution >= 0.6 is 11.6 Å². The highest BCUT2D eigenvalue weighted by atomic mass is 35.5. The number of hydrogen-bond donors (Lipinski definition) is 2. The molecule has 0 aliphatic carbocycles. The highest BCUT2D eigenvalue weighted by Gasteiger charge is 2.01. The number of nitrogens with zero attached hydrogens (tertiary/aromatic N) is 2. The van der Waals surface area contributed by atoms with Gasteiger partial charge < -0.3 is 15.4 Å². The third kappa shape index (κ3) is 4.36. The van der Waals surface area contributed by atoms with E-state index in [9.17, 15) is 0 Å². The number of hydrogen-bond acceptors (Lipinski definition) is 5. The van der Waals surface area contributed by atoms with Crippen molar-refractivity contribution in [3.8, 4) is 5.75 Å². The van der Waals surface area contributed by atoms with E-state index in [4.69, 9.17) is 16.3 Å². The molecule has 0 atom stereocenters. The van der Waals surface area contributed by atoms with Gasteiger partial charge in [-0.3, -0.25) is 0 Å². The van der Waals surface area contributed by atoms with Gasteiger partial charge in [0.15, 0.2) is 0 Å². The molecule has 2 aromatic carbocycles. The lowest BCUT2D eigenvalue weighted by Crippen LogP contribution is -2.03. The van der Waals surface area contributed by atoms with E-state index in [2.05, 4.69) is 20.6 Å². The zero-order valence-corrected chi connectivity index (χ0v) is 13.9. The fourth-order valence-corrected chi connectivity index (χ4v) is 2.29. The Labute approximate surface area is 145 Å². The smallest absolute Gasteiger partial charge is 0.135 e. The summed E-state index contributed by atoms with van der Waals surface area (Å²) in [4.78, 5) is 8.47. The van der Waals surface area contributed by atoms with Gasteiger partial charge in [0.05, 0.1) is 7.11 Å². The van der Waals surface area contributed by atoms with Gasteiger partial charge in [0.25, 0.3) is 0 Å². The van der Waals surface area contributed by atoms with Crippen LogP contribution in [0, 0.1) is 0 Å². The van der Waals surface area contributed by atoms with Crippen LogP contribution < -0.4 is 15.4 Å². The van der Waals surface area contributed by atoms with Gasteiger partial charge in [-0.25, -0.2) is 9.97 Å². The molecule has 0 unspecified atom stereocenters. The summed E-state index contributed by atoms with van der Waals surface area (Å²) in [7, 11) is 1.64. The molecule has 0 aliphatic heterocycles. The maximum Gasteiger partial charge on any atom is 0.135 e. The summed E-state index contributed by atoms with van der Waals surface area (Å²) >= 11 is 5.89. The van der Waals surface area contributed by atoms with Crippen LogP contribution in [0.25, 0.3) is 0 Å². The minimum Gasteiger partial charge on any atom is -0.497 e. The van der Waals surface area contributed by atoms with E-state index >= 15 is 0 Å². The molecule has 3 rings (SSSR count). The molecule has 5 nitrogen and oxygen atoms in total. The van der Waals surface area contributed by atoms with Crippen molar-refractivity contribution in [2.45, 2.75) is 6.54 Å². The summed E-state index contributed by atoms with van der Waals surface area (Å²) in [6.07, 6.45) is 1.52. The summed E-state index contributed by atoms with van der Waals surface area (Å²) < 4.78 is 5.22. The summed E-state index contributed by atoms with van der Waals surface area (Å²) in [5, 5.41) is 7.23. The third-order valence-corrected chi connectivity index (χ3v) is 3.65. The van der Waals surface area contributed by atoms with Crippen molar-refractivity contribution in [1.82, 2.24) is 9.97 Å². The molecular weight excluding hydrogens is 324 g/mol. The lowest BCUT2D eigenvalue weighted by molar-refractivity contribution is 0.415. The summed E-state index contributed by atoms with van der Waals surface area (Å²) in [6, 6.07) is 17.2. The quantitative estimate of drug-likeness (QED) is 0.692. The first-order valence-electron chi connectivity index (χ1n) is 7.44. The van der Waals surface area contributed by atoms with E-state index in [1.807, 2.05) is 54.6 Å². The van der Waals surface area contributed by atoms with E-state index < -0.39 is 0 Å². The Morgan fingerprint density at radius 3 is 2.58 bits per heavy atom. The Kier molecular flexibility index (Phi) is 5.13. The average Bonchev–Trinajstić information content (AvgIpc) is 2.62. The van der Waals surface area contributed by atoms with Gasteiger partial charge in [0.2, 0.25) is 0 Å². The lowest BCUT2D eigenvalue weighted by atomic mass is 10.2. The summed E-state index contributed by atoms with van der Waals surface area (Å²) in [6.45, 7) is 0.660. The van der Waals surface area contributed by atoms with Gasteiger partial charge in [0, 0.05) is 29.4 Å². The molecule has 122 valence electrons. The third-order valence-electron chi connectivity index (χ3n) is 3.40. The molecule has 0 saturated heterocycles. The number of nitrogens with one attached hydrogen (secondary N) is 2. The lowest BCUT2D eigenvalue weighted by Gasteiger charge is -2.09. The Bertz CT molecular complexity index is 808. The van der Waals surface area contributed by atoms with Crippen molar-refractivity contribution < 1.29 is 4.74 Å². The van der Waals surface area contributed by atoms with E-state index in [0.29, 0.717) is 12.4 Å². The van der Waals surface area contributed by atoms with Crippen molar-refractivity contribution in [1.29, 1.82) is 0 Å². The molecule has 0 bridgehead atoms. The van der Waals surface area contributed by atoms with Crippen molar-refractivity contribution in [3.05, 3.63) is 71.5 Å². The Hall–Kier alpha value is -2.79. The number of rotatable bonds is 6. The molecule has 0 amide bonds. The highest BCUT2D eigenvalue weighted by molar-refractivity contribution is 6.30. The molecule has 3 aromatic rings. The second kappa shape index (κ2) is 7.66. The number of halogens is 1. The Balaban J connectivity index is 1.66. The molecule has 0 fully saturated rings. The van der Waals surface area contributed by atoms with Gasteiger partial charge in [0.1, 0.15) is 23.7 Å². The van der Waals surface area contributed by atoms with Crippen LogP contribution in [0.3, 0.4) is 0 Å². The largest absolute Gasteiger partial charge is 0.497 e. The van der Waals surface area contributed by atoms with Crippen molar-refractivity contribution in [2.24, 2.45) is 0 Å². The first-order valence-corrected chi connectivity index (χ1v) is 7.82. The number of benzene rings is 2. The van der Waals surface area contributed by atoms with Crippen molar-refractivity contribution in [3.63, 3.8) is 0 Å². The maximum absolute atomic E-state index is 5.89. The molecule has 1 aromatic heterocycles. The Morgan fingerprint density at radius 1 is 1.00 bits per heavy atom. The molecule has 24 heavy (non-hydrogen) atoms. The number of anilines is 3. The average molecular weight is 341 g/mol. The molecular formula is C18H17ClN4O. The van der Waals surface area contributed by atoms with Crippen LogP contribution in [0.4, 0.5) is 17.3 Å². The first-order chi connectivity index (χ1) is 11.7. The van der Waals surface area contributed by atoms with Gasteiger partial charge >= 0.3 is 0 Å². The normalized spacial score (nSPS) is 10.2. The zero-order chi connectivity index (χ0) is 16.8. The van der Waals surface area contributed by atoms with E-state index in [-0.39, 0.29) is 0 Å². The van der Waals surface area contributed by atoms with Crippen LogP contribution in [-0.4, -0.2) is 17.1 Å². The zero-order valence-electron chi connectivity index (χ0n) is 13.2. The summed E-state index contributed by atoms with van der Waals surface area (Å²) in [5.41, 5.74) is 2.03. The van der Waals surface area contributed by atoms with Gasteiger partial charge in [-0.2, -0.15) is 0 Å². The molecule has 0 saturated carbocycles. The topological polar surface area (TPSA) is 59.1 Å². The second-order valence-corrected chi connectivity index (χ2v) is 5.56. The molecule has 0 aliphatic rings. The molecule has 0 radical (unpaired) electrons. The SMILES string of the molecule is COc1cccc(Nc2cc(NCc3ccc(Cl)cc3)ncn2)c1. The molecule has 0 spiro atoms. The van der Waals surface area contributed by atoms with Crippen LogP contribution in [0.2, 0.25) is 5.02 Å². The van der Waals surface area contributed by atoms with Crippen molar-refractivity contribution >= 4 is 28.9 Å². The molecule has 2 N–H and O–H groups in total. The number of ether oxygens (including phenoxy) is 1. The number of methoxy groups -OCH3 is 1. The van der Waals surface area contributed by atoms with Gasteiger partial charge in [-0.15, -0.1) is 0 Å². The van der Waals surface area contributed by atoms with Gasteiger partial charge in [-0.05, 0) is 29.8 Å². The predicted molar refractivity (Wildman–Crippen MR) is 97.1 cm³/mol. The van der Waals surface area contributed by atoms with Crippen LogP contribution in [-0.2, 0) is 6.54 Å². The van der Waals surface area contributed by atoms with Gasteiger partial charge in [-0.1, -0.05) is 29.8 Å². The standard InChI is InChI=1S/C18H17ClN4O/c1-24-16-4-2-3-15(9-16)23-18-10-17(21-12-22-18)20-11-13-5-7-14(19)8-6-13/h2-10,12H,11H2,1H3,(H2,20,21,22,23). The monoisotopic (exact) mass is 340 g/mol. The predicted octanol–water partition coefficient (Wildman–Crippen LogP) is 4.49. The Morgan fingerprint density at radius 2 is 1.79 bits per heavy atom. The van der Waals surface area contributed by atoms with Crippen molar-refractivity contribution in [2.75, 3.05) is 17.7 Å². The second-order valence-electron chi connectivity index (χ2n) is 5.13. The van der Waals surface area contributed by atoms with E-state index in [1.54, 1.807) is 7.11 Å². The first kappa shape index (κ1) is 16.1. The minimum absolute atomic E-state index is 0.660. The molecule has 1 heterocycles. The van der Waals surface area contributed by atoms with Crippen LogP contribution in [0.5, 0.6) is 5.75 Å². The van der Waals surface area contributed by atoms with Crippen LogP contribution in [0.1, 0.15) is 5.56 Å². The minimum atomic E-state index is 0.660. The maximum atomic E-state index is 5.89. The highest BCUT2D eigenvalue weighted by Crippen LogP contribution is 2.21. The summed E-state index contributed by atoms with van der Waals surface area (Å²) in [5.74, 6) is 2.23.